The molecule has 17 nitrogen and oxygen atoms in total. The highest BCUT2D eigenvalue weighted by Gasteiger charge is 2.30. The average Bonchev–Trinajstić information content (AvgIpc) is 3.42. The Labute approximate surface area is 505 Å². The zero-order valence-corrected chi connectivity index (χ0v) is 55.6. The number of hydrogen-bond acceptors (Lipinski definition) is 15. The first kappa shape index (κ1) is 81.1. The smallest absolute Gasteiger partial charge is 0.462 e. The van der Waals surface area contributed by atoms with E-state index in [2.05, 4.69) is 55.4 Å². The minimum absolute atomic E-state index is 0.101. The van der Waals surface area contributed by atoms with Crippen molar-refractivity contribution in [1.82, 2.24) is 0 Å². The zero-order chi connectivity index (χ0) is 61.8. The van der Waals surface area contributed by atoms with E-state index < -0.39 is 97.5 Å². The summed E-state index contributed by atoms with van der Waals surface area (Å²) in [5.74, 6) is 0.701. The van der Waals surface area contributed by atoms with Crippen LogP contribution in [-0.2, 0) is 65.4 Å². The van der Waals surface area contributed by atoms with Gasteiger partial charge in [0.25, 0.3) is 0 Å². The van der Waals surface area contributed by atoms with E-state index in [4.69, 9.17) is 37.0 Å². The molecular formula is C64H124O17P2. The van der Waals surface area contributed by atoms with Crippen LogP contribution < -0.4 is 0 Å². The second-order valence-corrected chi connectivity index (χ2v) is 28.0. The third kappa shape index (κ3) is 58.8. The van der Waals surface area contributed by atoms with Crippen LogP contribution >= 0.6 is 15.6 Å². The first-order valence-corrected chi connectivity index (χ1v) is 36.2. The monoisotopic (exact) mass is 1230 g/mol. The Bertz CT molecular complexity index is 1660. The lowest BCUT2D eigenvalue weighted by atomic mass is 10.0. The Hall–Kier alpha value is -1.94. The Balaban J connectivity index is 5.24. The van der Waals surface area contributed by atoms with Crippen molar-refractivity contribution < 1.29 is 80.2 Å². The number of carbonyl (C=O) groups excluding carboxylic acids is 4. The highest BCUT2D eigenvalue weighted by molar-refractivity contribution is 7.47. The molecular weight excluding hydrogens is 1100 g/mol. The second-order valence-electron chi connectivity index (χ2n) is 25.1. The van der Waals surface area contributed by atoms with Gasteiger partial charge in [-0.2, -0.15) is 0 Å². The van der Waals surface area contributed by atoms with E-state index in [9.17, 15) is 43.2 Å². The molecule has 0 saturated heterocycles. The Morgan fingerprint density at radius 1 is 0.301 bits per heavy atom. The first-order chi connectivity index (χ1) is 39.6. The van der Waals surface area contributed by atoms with Gasteiger partial charge in [0, 0.05) is 25.7 Å². The zero-order valence-electron chi connectivity index (χ0n) is 53.8. The van der Waals surface area contributed by atoms with Crippen LogP contribution in [0.4, 0.5) is 0 Å². The fourth-order valence-electron chi connectivity index (χ4n) is 9.43. The molecule has 3 N–H and O–H groups in total. The number of aliphatic hydroxyl groups is 1. The van der Waals surface area contributed by atoms with Gasteiger partial charge in [0.15, 0.2) is 12.2 Å². The van der Waals surface area contributed by atoms with Gasteiger partial charge < -0.3 is 33.8 Å². The van der Waals surface area contributed by atoms with E-state index in [1.807, 2.05) is 0 Å². The van der Waals surface area contributed by atoms with Gasteiger partial charge in [-0.3, -0.25) is 37.3 Å². The summed E-state index contributed by atoms with van der Waals surface area (Å²) in [6, 6.07) is 0. The van der Waals surface area contributed by atoms with Crippen molar-refractivity contribution in [1.29, 1.82) is 0 Å². The lowest BCUT2D eigenvalue weighted by Crippen LogP contribution is -2.30. The SMILES string of the molecule is CC(C)CCCCCCCCCCCCCC(=O)O[C@H](COC(=O)CCCCCCCCCC(C)C)COP(=O)(O)OCC(O)COP(=O)(O)OC[C@@H](COC(=O)CCCCCCCCCC(C)C)OC(=O)CCCCCCCCC(C)C. The maximum absolute atomic E-state index is 13.0. The maximum atomic E-state index is 13.0. The van der Waals surface area contributed by atoms with Gasteiger partial charge in [0.1, 0.15) is 19.3 Å². The number of hydrogen-bond donors (Lipinski definition) is 3. The van der Waals surface area contributed by atoms with Gasteiger partial charge >= 0.3 is 39.5 Å². The van der Waals surface area contributed by atoms with Crippen molar-refractivity contribution in [3.63, 3.8) is 0 Å². The number of aliphatic hydroxyl groups excluding tert-OH is 1. The number of phosphoric ester groups is 2. The van der Waals surface area contributed by atoms with Crippen molar-refractivity contribution in [2.45, 2.75) is 324 Å². The predicted molar refractivity (Wildman–Crippen MR) is 331 cm³/mol. The molecule has 492 valence electrons. The van der Waals surface area contributed by atoms with Crippen molar-refractivity contribution >= 4 is 39.5 Å². The lowest BCUT2D eigenvalue weighted by Gasteiger charge is -2.21. The molecule has 0 aromatic carbocycles. The van der Waals surface area contributed by atoms with Crippen LogP contribution in [0.2, 0.25) is 0 Å². The highest BCUT2D eigenvalue weighted by Crippen LogP contribution is 2.45. The van der Waals surface area contributed by atoms with Crippen LogP contribution in [0.1, 0.15) is 306 Å². The molecule has 0 spiro atoms. The number of esters is 4. The molecule has 3 unspecified atom stereocenters. The highest BCUT2D eigenvalue weighted by atomic mass is 31.2. The molecule has 19 heteroatoms. The van der Waals surface area contributed by atoms with Gasteiger partial charge in [-0.15, -0.1) is 0 Å². The summed E-state index contributed by atoms with van der Waals surface area (Å²) in [5.41, 5.74) is 0. The van der Waals surface area contributed by atoms with E-state index in [1.165, 1.54) is 96.3 Å². The number of unbranched alkanes of at least 4 members (excludes halogenated alkanes) is 27. The molecule has 0 amide bonds. The number of phosphoric acid groups is 2. The van der Waals surface area contributed by atoms with Gasteiger partial charge in [-0.05, 0) is 49.4 Å². The molecule has 5 atom stereocenters. The molecule has 0 aromatic heterocycles. The topological polar surface area (TPSA) is 237 Å². The van der Waals surface area contributed by atoms with Crippen molar-refractivity contribution in [2.24, 2.45) is 23.7 Å². The molecule has 0 rings (SSSR count). The summed E-state index contributed by atoms with van der Waals surface area (Å²) < 4.78 is 67.9. The quantitative estimate of drug-likeness (QED) is 0.0222. The molecule has 0 aliphatic carbocycles. The van der Waals surface area contributed by atoms with Crippen molar-refractivity contribution in [3.8, 4) is 0 Å². The Kier molecular flexibility index (Phi) is 53.0. The largest absolute Gasteiger partial charge is 0.472 e. The van der Waals surface area contributed by atoms with Crippen LogP contribution in [0, 0.1) is 23.7 Å². The van der Waals surface area contributed by atoms with Gasteiger partial charge in [0.05, 0.1) is 26.4 Å². The number of ether oxygens (including phenoxy) is 4. The van der Waals surface area contributed by atoms with Crippen LogP contribution in [0.25, 0.3) is 0 Å². The lowest BCUT2D eigenvalue weighted by molar-refractivity contribution is -0.161. The third-order valence-corrected chi connectivity index (χ3v) is 16.5. The summed E-state index contributed by atoms with van der Waals surface area (Å²) in [6.07, 6.45) is 33.8. The Morgan fingerprint density at radius 3 is 0.747 bits per heavy atom. The van der Waals surface area contributed by atoms with Gasteiger partial charge in [-0.25, -0.2) is 9.13 Å². The number of carbonyl (C=O) groups is 4. The Morgan fingerprint density at radius 2 is 0.506 bits per heavy atom. The standard InChI is InChI=1S/C64H124O17P2/c1-54(2)40-32-24-16-12-10-9-11-13-19-30-38-46-63(68)80-59(50-74-61(66)44-36-28-20-14-17-25-33-41-55(3)4)52-78-82(70,71)76-48-58(65)49-77-83(72,73)79-53-60(81-64(69)47-39-31-23-22-27-35-43-57(7)8)51-75-62(67)45-37-29-21-15-18-26-34-42-56(5)6/h54-60,65H,9-53H2,1-8H3,(H,70,71)(H,72,73)/t58?,59-,60-/m1/s1. The summed E-state index contributed by atoms with van der Waals surface area (Å²) >= 11 is 0. The summed E-state index contributed by atoms with van der Waals surface area (Å²) in [6.45, 7) is 13.9. The third-order valence-electron chi connectivity index (χ3n) is 14.6. The van der Waals surface area contributed by atoms with Crippen LogP contribution in [0.15, 0.2) is 0 Å². The van der Waals surface area contributed by atoms with E-state index in [0.29, 0.717) is 43.4 Å². The van der Waals surface area contributed by atoms with E-state index >= 15 is 0 Å². The molecule has 0 fully saturated rings. The molecule has 0 aromatic rings. The molecule has 0 heterocycles. The first-order valence-electron chi connectivity index (χ1n) is 33.2. The molecule has 83 heavy (non-hydrogen) atoms. The summed E-state index contributed by atoms with van der Waals surface area (Å²) in [4.78, 5) is 72.2. The van der Waals surface area contributed by atoms with Crippen LogP contribution in [0.3, 0.4) is 0 Å². The van der Waals surface area contributed by atoms with Gasteiger partial charge in [0.2, 0.25) is 0 Å². The van der Waals surface area contributed by atoms with E-state index in [-0.39, 0.29) is 25.7 Å². The number of rotatable bonds is 61. The molecule has 0 radical (unpaired) electrons. The summed E-state index contributed by atoms with van der Waals surface area (Å²) in [5, 5.41) is 10.5. The summed E-state index contributed by atoms with van der Waals surface area (Å²) in [7, 11) is -9.89. The van der Waals surface area contributed by atoms with Gasteiger partial charge in [-0.1, -0.05) is 254 Å². The predicted octanol–water partition coefficient (Wildman–Crippen LogP) is 17.4. The van der Waals surface area contributed by atoms with Crippen LogP contribution in [-0.4, -0.2) is 96.7 Å². The van der Waals surface area contributed by atoms with Crippen LogP contribution in [0.5, 0.6) is 0 Å². The van der Waals surface area contributed by atoms with E-state index in [1.54, 1.807) is 0 Å². The molecule has 0 aliphatic rings. The average molecular weight is 1230 g/mol. The fourth-order valence-corrected chi connectivity index (χ4v) is 11.0. The molecule has 0 aliphatic heterocycles. The van der Waals surface area contributed by atoms with Crippen molar-refractivity contribution in [3.05, 3.63) is 0 Å². The normalized spacial score (nSPS) is 14.4. The minimum Gasteiger partial charge on any atom is -0.462 e. The minimum atomic E-state index is -4.95. The second kappa shape index (κ2) is 54.2. The fraction of sp³-hybridized carbons (Fsp3) is 0.938. The molecule has 0 bridgehead atoms. The maximum Gasteiger partial charge on any atom is 0.472 e. The van der Waals surface area contributed by atoms with E-state index in [0.717, 1.165) is 109 Å². The molecule has 0 saturated carbocycles. The van der Waals surface area contributed by atoms with Crippen molar-refractivity contribution in [2.75, 3.05) is 39.6 Å².